The highest BCUT2D eigenvalue weighted by Crippen LogP contribution is 2.18. The van der Waals surface area contributed by atoms with E-state index in [1.165, 1.54) is 16.8 Å². The number of nitrogens with one attached hydrogen (secondary N) is 1. The zero-order valence-electron chi connectivity index (χ0n) is 10.4. The minimum Gasteiger partial charge on any atom is -0.379 e. The lowest BCUT2D eigenvalue weighted by molar-refractivity contribution is 0.0620. The van der Waals surface area contributed by atoms with Crippen LogP contribution < -0.4 is 5.32 Å². The topological polar surface area (TPSA) is 77.4 Å². The molecule has 0 aromatic carbocycles. The number of nitrogens with zero attached hydrogens (tertiary/aromatic N) is 1. The fraction of sp³-hybridized carbons (Fsp3) is 0.545. The molecule has 1 amide bonds. The van der Waals surface area contributed by atoms with Crippen molar-refractivity contribution in [1.82, 2.24) is 9.88 Å². The largest absolute Gasteiger partial charge is 0.379 e. The Morgan fingerprint density at radius 2 is 2.32 bits per heavy atom. The van der Waals surface area contributed by atoms with Gasteiger partial charge in [-0.3, -0.25) is 4.79 Å². The molecule has 1 N–H and O–H groups in total. The van der Waals surface area contributed by atoms with Crippen LogP contribution in [0.3, 0.4) is 0 Å². The quantitative estimate of drug-likeness (QED) is 0.840. The van der Waals surface area contributed by atoms with Crippen LogP contribution in [0.2, 0.25) is 0 Å². The first kappa shape index (κ1) is 14.4. The molecule has 1 aromatic heterocycles. The Labute approximate surface area is 116 Å². The monoisotopic (exact) mass is 306 g/mol. The maximum absolute atomic E-state index is 12.0. The molecule has 1 atom stereocenters. The molecule has 1 aliphatic heterocycles. The number of carbonyl (C=O) groups excluding carboxylic acids is 1. The molecule has 0 saturated carbocycles. The SMILES string of the molecule is Cn1cc(S(=O)(=O)Cl)cc1C(=O)NC1CCCOC1. The van der Waals surface area contributed by atoms with E-state index in [1.807, 2.05) is 0 Å². The zero-order valence-corrected chi connectivity index (χ0v) is 12.0. The van der Waals surface area contributed by atoms with Crippen LogP contribution in [0.1, 0.15) is 23.3 Å². The maximum Gasteiger partial charge on any atom is 0.268 e. The number of carbonyl (C=O) groups is 1. The van der Waals surface area contributed by atoms with Crippen LogP contribution in [0.4, 0.5) is 0 Å². The highest BCUT2D eigenvalue weighted by atomic mass is 35.7. The smallest absolute Gasteiger partial charge is 0.268 e. The van der Waals surface area contributed by atoms with Crippen molar-refractivity contribution in [3.63, 3.8) is 0 Å². The van der Waals surface area contributed by atoms with Crippen LogP contribution in [0.25, 0.3) is 0 Å². The van der Waals surface area contributed by atoms with Crippen molar-refractivity contribution in [2.45, 2.75) is 23.8 Å². The lowest BCUT2D eigenvalue weighted by atomic mass is 10.1. The second-order valence-corrected chi connectivity index (χ2v) is 7.06. The third-order valence-electron chi connectivity index (χ3n) is 2.99. The van der Waals surface area contributed by atoms with Gasteiger partial charge in [-0.1, -0.05) is 0 Å². The Balaban J connectivity index is 2.12. The summed E-state index contributed by atoms with van der Waals surface area (Å²) in [6.45, 7) is 1.20. The normalized spacial score (nSPS) is 20.2. The van der Waals surface area contributed by atoms with Crippen molar-refractivity contribution in [1.29, 1.82) is 0 Å². The molecule has 1 aromatic rings. The highest BCUT2D eigenvalue weighted by molar-refractivity contribution is 8.13. The third kappa shape index (κ3) is 3.49. The summed E-state index contributed by atoms with van der Waals surface area (Å²) in [4.78, 5) is 12.0. The van der Waals surface area contributed by atoms with Crippen molar-refractivity contribution in [2.24, 2.45) is 7.05 Å². The number of aryl methyl sites for hydroxylation is 1. The predicted molar refractivity (Wildman–Crippen MR) is 69.8 cm³/mol. The molecule has 0 bridgehead atoms. The van der Waals surface area contributed by atoms with Gasteiger partial charge in [-0.05, 0) is 18.9 Å². The fourth-order valence-electron chi connectivity index (χ4n) is 2.01. The van der Waals surface area contributed by atoms with E-state index < -0.39 is 9.05 Å². The number of hydrogen-bond donors (Lipinski definition) is 1. The minimum absolute atomic E-state index is 0.0350. The molecule has 1 aliphatic rings. The van der Waals surface area contributed by atoms with Gasteiger partial charge in [0.1, 0.15) is 10.6 Å². The third-order valence-corrected chi connectivity index (χ3v) is 4.31. The van der Waals surface area contributed by atoms with Crippen LogP contribution in [0.5, 0.6) is 0 Å². The number of aromatic nitrogens is 1. The second-order valence-electron chi connectivity index (χ2n) is 4.50. The lowest BCUT2D eigenvalue weighted by Crippen LogP contribution is -2.41. The summed E-state index contributed by atoms with van der Waals surface area (Å²) in [5.41, 5.74) is 0.254. The van der Waals surface area contributed by atoms with Crippen LogP contribution in [0, 0.1) is 0 Å². The minimum atomic E-state index is -3.82. The van der Waals surface area contributed by atoms with E-state index >= 15 is 0 Å². The van der Waals surface area contributed by atoms with Crippen LogP contribution in [0.15, 0.2) is 17.2 Å². The van der Waals surface area contributed by atoms with E-state index in [2.05, 4.69) is 5.32 Å². The second kappa shape index (κ2) is 5.52. The Kier molecular flexibility index (Phi) is 4.17. The van der Waals surface area contributed by atoms with Gasteiger partial charge in [0.05, 0.1) is 12.6 Å². The Bertz CT molecular complexity index is 576. The van der Waals surface area contributed by atoms with Gasteiger partial charge in [0.15, 0.2) is 0 Å². The molecule has 8 heteroatoms. The number of rotatable bonds is 3. The number of amides is 1. The summed E-state index contributed by atoms with van der Waals surface area (Å²) in [5.74, 6) is -0.329. The van der Waals surface area contributed by atoms with Gasteiger partial charge >= 0.3 is 0 Å². The summed E-state index contributed by atoms with van der Waals surface area (Å²) in [6.07, 6.45) is 3.07. The van der Waals surface area contributed by atoms with Gasteiger partial charge in [-0.25, -0.2) is 8.42 Å². The van der Waals surface area contributed by atoms with Gasteiger partial charge in [0, 0.05) is 30.5 Å². The molecule has 0 aliphatic carbocycles. The van der Waals surface area contributed by atoms with Gasteiger partial charge in [-0.15, -0.1) is 0 Å². The molecule has 0 spiro atoms. The summed E-state index contributed by atoms with van der Waals surface area (Å²) in [7, 11) is 3.02. The molecule has 106 valence electrons. The summed E-state index contributed by atoms with van der Waals surface area (Å²) in [6, 6.07) is 1.23. The highest BCUT2D eigenvalue weighted by Gasteiger charge is 2.21. The van der Waals surface area contributed by atoms with Crippen LogP contribution in [-0.2, 0) is 20.8 Å². The standard InChI is InChI=1S/C11H15ClN2O4S/c1-14-6-9(19(12,16)17)5-10(14)11(15)13-8-3-2-4-18-7-8/h5-6,8H,2-4,7H2,1H3,(H,13,15). The average molecular weight is 307 g/mol. The fourth-order valence-corrected chi connectivity index (χ4v) is 2.80. The summed E-state index contributed by atoms with van der Waals surface area (Å²) in [5, 5.41) is 2.82. The van der Waals surface area contributed by atoms with Crippen LogP contribution >= 0.6 is 10.7 Å². The van der Waals surface area contributed by atoms with Crippen molar-refractivity contribution in [3.8, 4) is 0 Å². The van der Waals surface area contributed by atoms with E-state index in [4.69, 9.17) is 15.4 Å². The van der Waals surface area contributed by atoms with Crippen molar-refractivity contribution >= 4 is 25.6 Å². The molecule has 6 nitrogen and oxygen atoms in total. The number of hydrogen-bond acceptors (Lipinski definition) is 4. The van der Waals surface area contributed by atoms with Gasteiger partial charge in [0.2, 0.25) is 0 Å². The molecule has 1 fully saturated rings. The maximum atomic E-state index is 12.0. The van der Waals surface area contributed by atoms with Crippen molar-refractivity contribution < 1.29 is 17.9 Å². The average Bonchev–Trinajstić information content (AvgIpc) is 2.72. The van der Waals surface area contributed by atoms with E-state index in [-0.39, 0.29) is 22.5 Å². The van der Waals surface area contributed by atoms with Gasteiger partial charge < -0.3 is 14.6 Å². The van der Waals surface area contributed by atoms with Gasteiger partial charge in [-0.2, -0.15) is 0 Å². The van der Waals surface area contributed by atoms with E-state index in [0.717, 1.165) is 12.8 Å². The predicted octanol–water partition coefficient (Wildman–Crippen LogP) is 0.861. The first-order valence-corrected chi connectivity index (χ1v) is 8.18. The molecule has 19 heavy (non-hydrogen) atoms. The molecule has 2 rings (SSSR count). The molecular formula is C11H15ClN2O4S. The number of halogens is 1. The van der Waals surface area contributed by atoms with Crippen molar-refractivity contribution in [3.05, 3.63) is 18.0 Å². The van der Waals surface area contributed by atoms with Crippen LogP contribution in [-0.4, -0.2) is 38.1 Å². The zero-order chi connectivity index (χ0) is 14.0. The van der Waals surface area contributed by atoms with Gasteiger partial charge in [0.25, 0.3) is 15.0 Å². The van der Waals surface area contributed by atoms with Crippen molar-refractivity contribution in [2.75, 3.05) is 13.2 Å². The summed E-state index contributed by atoms with van der Waals surface area (Å²) >= 11 is 0. The lowest BCUT2D eigenvalue weighted by Gasteiger charge is -2.23. The summed E-state index contributed by atoms with van der Waals surface area (Å²) < 4.78 is 29.1. The Hall–Kier alpha value is -1.05. The van der Waals surface area contributed by atoms with E-state index in [0.29, 0.717) is 13.2 Å². The van der Waals surface area contributed by atoms with E-state index in [9.17, 15) is 13.2 Å². The number of ether oxygens (including phenoxy) is 1. The molecular weight excluding hydrogens is 292 g/mol. The first-order chi connectivity index (χ1) is 8.88. The first-order valence-electron chi connectivity index (χ1n) is 5.87. The molecule has 2 heterocycles. The molecule has 1 saturated heterocycles. The Morgan fingerprint density at radius 3 is 2.84 bits per heavy atom. The molecule has 1 unspecified atom stereocenters. The Morgan fingerprint density at radius 1 is 1.58 bits per heavy atom. The van der Waals surface area contributed by atoms with E-state index in [1.54, 1.807) is 7.05 Å². The molecule has 0 radical (unpaired) electrons.